The van der Waals surface area contributed by atoms with Gasteiger partial charge in [-0.05, 0) is 61.9 Å². The number of aromatic nitrogens is 2. The number of aliphatic hydroxyl groups is 1. The number of carbonyl (C=O) groups excluding carboxylic acids is 1. The average Bonchev–Trinajstić information content (AvgIpc) is 3.25. The summed E-state index contributed by atoms with van der Waals surface area (Å²) in [6.07, 6.45) is -0.499. The fraction of sp³-hybridized carbons (Fsp3) is 0.292. The number of benzene rings is 2. The van der Waals surface area contributed by atoms with Gasteiger partial charge in [0.05, 0.1) is 18.0 Å². The summed E-state index contributed by atoms with van der Waals surface area (Å²) in [5, 5.41) is 16.9. The van der Waals surface area contributed by atoms with Crippen LogP contribution in [0.2, 0.25) is 0 Å². The van der Waals surface area contributed by atoms with Crippen molar-refractivity contribution in [2.45, 2.75) is 32.3 Å². The second-order valence-electron chi connectivity index (χ2n) is 8.02. The molecule has 1 aromatic heterocycles. The number of nitrogens with zero attached hydrogens (tertiary/aromatic N) is 2. The largest absolute Gasteiger partial charge is 0.435 e. The predicted octanol–water partition coefficient (Wildman–Crippen LogP) is 3.11. The van der Waals surface area contributed by atoms with E-state index in [2.05, 4.69) is 15.2 Å². The van der Waals surface area contributed by atoms with Crippen LogP contribution < -0.4 is 15.6 Å². The zero-order chi connectivity index (χ0) is 25.1. The van der Waals surface area contributed by atoms with Crippen molar-refractivity contribution in [1.82, 2.24) is 15.1 Å². The number of rotatable bonds is 7. The number of carbonyl (C=O) groups is 1. The van der Waals surface area contributed by atoms with Crippen LogP contribution in [0.15, 0.2) is 59.4 Å². The molecule has 3 aromatic rings. The molecular formula is C24H22F3N3O5. The first kappa shape index (κ1) is 24.4. The molecule has 3 atom stereocenters. The topological polar surface area (TPSA) is 103 Å². The van der Waals surface area contributed by atoms with Crippen LogP contribution in [0, 0.1) is 11.7 Å². The molecule has 184 valence electrons. The summed E-state index contributed by atoms with van der Waals surface area (Å²) >= 11 is 0. The van der Waals surface area contributed by atoms with Crippen LogP contribution in [0.4, 0.5) is 13.2 Å². The molecule has 11 heteroatoms. The SMILES string of the molecule is CC(NC(=O)c1cc(-c2ccc(OC(F)F)cc2)nn(-c2cccc(F)c2)c1=O)C1CCOC1O. The van der Waals surface area contributed by atoms with Crippen molar-refractivity contribution in [3.05, 3.63) is 76.3 Å². The summed E-state index contributed by atoms with van der Waals surface area (Å²) in [4.78, 5) is 26.3. The molecule has 1 fully saturated rings. The molecule has 2 heterocycles. The van der Waals surface area contributed by atoms with E-state index in [4.69, 9.17) is 4.74 Å². The molecule has 0 bridgehead atoms. The van der Waals surface area contributed by atoms with Crippen LogP contribution in [-0.4, -0.2) is 46.3 Å². The van der Waals surface area contributed by atoms with Crippen molar-refractivity contribution in [3.63, 3.8) is 0 Å². The second-order valence-corrected chi connectivity index (χ2v) is 8.02. The van der Waals surface area contributed by atoms with E-state index in [1.165, 1.54) is 48.5 Å². The van der Waals surface area contributed by atoms with Gasteiger partial charge in [0.25, 0.3) is 11.5 Å². The van der Waals surface area contributed by atoms with Gasteiger partial charge in [0.15, 0.2) is 6.29 Å². The van der Waals surface area contributed by atoms with Gasteiger partial charge in [-0.3, -0.25) is 9.59 Å². The molecule has 2 aromatic carbocycles. The lowest BCUT2D eigenvalue weighted by Gasteiger charge is -2.22. The summed E-state index contributed by atoms with van der Waals surface area (Å²) in [5.74, 6) is -1.75. The minimum absolute atomic E-state index is 0.0775. The lowest BCUT2D eigenvalue weighted by atomic mass is 9.99. The lowest BCUT2D eigenvalue weighted by molar-refractivity contribution is -0.0866. The zero-order valence-corrected chi connectivity index (χ0v) is 18.5. The second kappa shape index (κ2) is 10.3. The van der Waals surface area contributed by atoms with Gasteiger partial charge in [-0.1, -0.05) is 6.07 Å². The van der Waals surface area contributed by atoms with E-state index >= 15 is 0 Å². The quantitative estimate of drug-likeness (QED) is 0.529. The molecule has 0 aliphatic carbocycles. The highest BCUT2D eigenvalue weighted by molar-refractivity contribution is 5.95. The fourth-order valence-corrected chi connectivity index (χ4v) is 3.87. The summed E-state index contributed by atoms with van der Waals surface area (Å²) in [6, 6.07) is 11.4. The molecule has 1 saturated heterocycles. The molecule has 2 N–H and O–H groups in total. The van der Waals surface area contributed by atoms with Crippen LogP contribution in [0.25, 0.3) is 16.9 Å². The Labute approximate surface area is 197 Å². The standard InChI is InChI=1S/C24H22F3N3O5/c1-13(18-9-10-34-23(18)33)28-21(31)19-12-20(14-5-7-17(8-6-14)35-24(26)27)29-30(22(19)32)16-4-2-3-15(25)11-16/h2-8,11-13,18,23-24,33H,9-10H2,1H3,(H,28,31). The first-order valence-electron chi connectivity index (χ1n) is 10.8. The first-order valence-corrected chi connectivity index (χ1v) is 10.8. The van der Waals surface area contributed by atoms with Crippen LogP contribution in [0.5, 0.6) is 5.75 Å². The minimum Gasteiger partial charge on any atom is -0.435 e. The molecule has 1 aliphatic heterocycles. The van der Waals surface area contributed by atoms with E-state index in [1.807, 2.05) is 0 Å². The monoisotopic (exact) mass is 489 g/mol. The molecule has 8 nitrogen and oxygen atoms in total. The molecule has 4 rings (SSSR count). The van der Waals surface area contributed by atoms with Crippen molar-refractivity contribution >= 4 is 5.91 Å². The van der Waals surface area contributed by atoms with Crippen molar-refractivity contribution < 1.29 is 32.5 Å². The minimum atomic E-state index is -2.99. The number of hydrogen-bond donors (Lipinski definition) is 2. The van der Waals surface area contributed by atoms with E-state index in [0.717, 1.165) is 10.7 Å². The molecule has 0 saturated carbocycles. The Bertz CT molecular complexity index is 1270. The molecule has 3 unspecified atom stereocenters. The Balaban J connectivity index is 1.74. The molecular weight excluding hydrogens is 467 g/mol. The number of aliphatic hydroxyl groups excluding tert-OH is 1. The Kier molecular flexibility index (Phi) is 7.17. The van der Waals surface area contributed by atoms with Gasteiger partial charge < -0.3 is 19.9 Å². The molecule has 35 heavy (non-hydrogen) atoms. The Morgan fingerprint density at radius 2 is 1.97 bits per heavy atom. The van der Waals surface area contributed by atoms with Gasteiger partial charge in [0, 0.05) is 17.5 Å². The number of halogens is 3. The third kappa shape index (κ3) is 5.52. The summed E-state index contributed by atoms with van der Waals surface area (Å²) in [7, 11) is 0. The van der Waals surface area contributed by atoms with Crippen molar-refractivity contribution in [3.8, 4) is 22.7 Å². The van der Waals surface area contributed by atoms with Crippen LogP contribution in [-0.2, 0) is 4.74 Å². The predicted molar refractivity (Wildman–Crippen MR) is 119 cm³/mol. The number of ether oxygens (including phenoxy) is 2. The van der Waals surface area contributed by atoms with E-state index in [9.17, 15) is 27.9 Å². The van der Waals surface area contributed by atoms with Crippen molar-refractivity contribution in [2.75, 3.05) is 6.61 Å². The van der Waals surface area contributed by atoms with Gasteiger partial charge in [-0.2, -0.15) is 18.6 Å². The van der Waals surface area contributed by atoms with Gasteiger partial charge >= 0.3 is 6.61 Å². The first-order chi connectivity index (χ1) is 16.7. The van der Waals surface area contributed by atoms with Crippen LogP contribution >= 0.6 is 0 Å². The smallest absolute Gasteiger partial charge is 0.387 e. The maximum absolute atomic E-state index is 13.9. The van der Waals surface area contributed by atoms with Crippen molar-refractivity contribution in [2.24, 2.45) is 5.92 Å². The van der Waals surface area contributed by atoms with E-state index in [1.54, 1.807) is 6.92 Å². The highest BCUT2D eigenvalue weighted by Gasteiger charge is 2.32. The zero-order valence-electron chi connectivity index (χ0n) is 18.5. The average molecular weight is 489 g/mol. The van der Waals surface area contributed by atoms with Crippen LogP contribution in [0.3, 0.4) is 0 Å². The normalized spacial score (nSPS) is 18.5. The van der Waals surface area contributed by atoms with E-state index in [0.29, 0.717) is 18.6 Å². The summed E-state index contributed by atoms with van der Waals surface area (Å²) < 4.78 is 49.2. The van der Waals surface area contributed by atoms with Crippen molar-refractivity contribution in [1.29, 1.82) is 0 Å². The van der Waals surface area contributed by atoms with E-state index in [-0.39, 0.29) is 28.6 Å². The molecule has 1 amide bonds. The third-order valence-electron chi connectivity index (χ3n) is 5.69. The molecule has 1 aliphatic rings. The lowest BCUT2D eigenvalue weighted by Crippen LogP contribution is -2.43. The summed E-state index contributed by atoms with van der Waals surface area (Å²) in [5.41, 5.74) is -0.397. The fourth-order valence-electron chi connectivity index (χ4n) is 3.87. The van der Waals surface area contributed by atoms with Gasteiger partial charge in [0.2, 0.25) is 0 Å². The third-order valence-corrected chi connectivity index (χ3v) is 5.69. The molecule has 0 radical (unpaired) electrons. The Morgan fingerprint density at radius 3 is 2.60 bits per heavy atom. The van der Waals surface area contributed by atoms with Gasteiger partial charge in [-0.15, -0.1) is 0 Å². The maximum atomic E-state index is 13.9. The number of alkyl halides is 2. The van der Waals surface area contributed by atoms with E-state index < -0.39 is 36.2 Å². The van der Waals surface area contributed by atoms with Gasteiger partial charge in [-0.25, -0.2) is 4.39 Å². The molecule has 0 spiro atoms. The highest BCUT2D eigenvalue weighted by Crippen LogP contribution is 2.24. The van der Waals surface area contributed by atoms with Gasteiger partial charge in [0.1, 0.15) is 17.1 Å². The Morgan fingerprint density at radius 1 is 1.23 bits per heavy atom. The maximum Gasteiger partial charge on any atom is 0.387 e. The Hall–Kier alpha value is -3.70. The number of amides is 1. The highest BCUT2D eigenvalue weighted by atomic mass is 19.3. The number of hydrogen-bond acceptors (Lipinski definition) is 6. The number of nitrogens with one attached hydrogen (secondary N) is 1. The summed E-state index contributed by atoms with van der Waals surface area (Å²) in [6.45, 7) is -0.951. The van der Waals surface area contributed by atoms with Crippen LogP contribution in [0.1, 0.15) is 23.7 Å².